The number of rotatable bonds is 1. The molecule has 0 heterocycles. The van der Waals surface area contributed by atoms with Gasteiger partial charge in [-0.15, -0.1) is 0 Å². The highest BCUT2D eigenvalue weighted by Crippen LogP contribution is 2.43. The van der Waals surface area contributed by atoms with Gasteiger partial charge in [-0.3, -0.25) is 4.79 Å². The van der Waals surface area contributed by atoms with Crippen LogP contribution in [0.5, 0.6) is 0 Å². The van der Waals surface area contributed by atoms with Gasteiger partial charge in [0.2, 0.25) is 0 Å². The fourth-order valence-corrected chi connectivity index (χ4v) is 4.11. The first kappa shape index (κ1) is 12.9. The Balaban J connectivity index is 2.26. The molecule has 0 aromatic rings. The van der Waals surface area contributed by atoms with Gasteiger partial charge in [-0.25, -0.2) is 0 Å². The molecule has 0 saturated heterocycles. The molecule has 1 heteroatoms. The van der Waals surface area contributed by atoms with Crippen molar-refractivity contribution in [2.45, 2.75) is 65.7 Å². The van der Waals surface area contributed by atoms with Gasteiger partial charge in [-0.2, -0.15) is 0 Å². The normalized spacial score (nSPS) is 34.9. The summed E-state index contributed by atoms with van der Waals surface area (Å²) in [6, 6.07) is 0. The van der Waals surface area contributed by atoms with Crippen molar-refractivity contribution in [1.82, 2.24) is 0 Å². The lowest BCUT2D eigenvalue weighted by Crippen LogP contribution is -2.32. The van der Waals surface area contributed by atoms with Crippen LogP contribution in [0.4, 0.5) is 0 Å². The molecule has 17 heavy (non-hydrogen) atoms. The van der Waals surface area contributed by atoms with E-state index in [1.807, 2.05) is 0 Å². The predicted octanol–water partition coefficient (Wildman–Crippen LogP) is 4.52. The molecule has 0 spiro atoms. The highest BCUT2D eigenvalue weighted by atomic mass is 16.1. The molecule has 2 rings (SSSR count). The minimum atomic E-state index is 0.285. The SMILES string of the molecule is CC(=O)C1C(C)CC2=C(CCCCCC2)C1C. The highest BCUT2D eigenvalue weighted by Gasteiger charge is 2.35. The Hall–Kier alpha value is -0.590. The zero-order valence-electron chi connectivity index (χ0n) is 11.6. The zero-order valence-corrected chi connectivity index (χ0v) is 11.6. The van der Waals surface area contributed by atoms with Crippen LogP contribution in [-0.4, -0.2) is 5.78 Å². The number of carbonyl (C=O) groups excluding carboxylic acids is 1. The van der Waals surface area contributed by atoms with Gasteiger partial charge in [0.1, 0.15) is 5.78 Å². The van der Waals surface area contributed by atoms with Crippen molar-refractivity contribution in [1.29, 1.82) is 0 Å². The topological polar surface area (TPSA) is 17.1 Å². The summed E-state index contributed by atoms with van der Waals surface area (Å²) in [6.45, 7) is 6.34. The number of hydrogen-bond acceptors (Lipinski definition) is 1. The number of hydrogen-bond donors (Lipinski definition) is 0. The van der Waals surface area contributed by atoms with Crippen LogP contribution in [0.25, 0.3) is 0 Å². The van der Waals surface area contributed by atoms with E-state index in [0.717, 1.165) is 0 Å². The van der Waals surface area contributed by atoms with E-state index in [1.54, 1.807) is 18.1 Å². The maximum atomic E-state index is 11.8. The van der Waals surface area contributed by atoms with E-state index in [0.29, 0.717) is 17.6 Å². The van der Waals surface area contributed by atoms with Gasteiger partial charge in [0.15, 0.2) is 0 Å². The lowest BCUT2D eigenvalue weighted by atomic mass is 9.66. The number of carbonyl (C=O) groups is 1. The van der Waals surface area contributed by atoms with Crippen molar-refractivity contribution in [2.24, 2.45) is 17.8 Å². The van der Waals surface area contributed by atoms with Crippen LogP contribution in [0.15, 0.2) is 11.1 Å². The van der Waals surface area contributed by atoms with Crippen molar-refractivity contribution in [2.75, 3.05) is 0 Å². The molecule has 96 valence electrons. The molecule has 3 atom stereocenters. The van der Waals surface area contributed by atoms with E-state index in [-0.39, 0.29) is 5.92 Å². The molecule has 2 aliphatic rings. The van der Waals surface area contributed by atoms with E-state index in [9.17, 15) is 4.79 Å². The number of allylic oxidation sites excluding steroid dienone is 2. The van der Waals surface area contributed by atoms with Crippen molar-refractivity contribution in [3.05, 3.63) is 11.1 Å². The second kappa shape index (κ2) is 5.37. The molecule has 0 radical (unpaired) electrons. The highest BCUT2D eigenvalue weighted by molar-refractivity contribution is 5.79. The Morgan fingerprint density at radius 2 is 1.71 bits per heavy atom. The first-order valence-corrected chi connectivity index (χ1v) is 7.32. The van der Waals surface area contributed by atoms with Crippen molar-refractivity contribution < 1.29 is 4.79 Å². The van der Waals surface area contributed by atoms with Crippen molar-refractivity contribution in [3.8, 4) is 0 Å². The second-order valence-corrected chi connectivity index (χ2v) is 6.15. The third-order valence-electron chi connectivity index (χ3n) is 4.87. The smallest absolute Gasteiger partial charge is 0.133 e. The Labute approximate surface area is 106 Å². The molecule has 0 amide bonds. The molecule has 0 aromatic carbocycles. The van der Waals surface area contributed by atoms with Gasteiger partial charge in [-0.1, -0.05) is 37.8 Å². The maximum absolute atomic E-state index is 11.8. The first-order valence-electron chi connectivity index (χ1n) is 7.32. The Morgan fingerprint density at radius 3 is 2.35 bits per heavy atom. The molecule has 2 aliphatic carbocycles. The quantitative estimate of drug-likeness (QED) is 0.610. The van der Waals surface area contributed by atoms with Gasteiger partial charge >= 0.3 is 0 Å². The molecule has 0 N–H and O–H groups in total. The lowest BCUT2D eigenvalue weighted by molar-refractivity contribution is -0.123. The van der Waals surface area contributed by atoms with Crippen LogP contribution in [0, 0.1) is 17.8 Å². The fourth-order valence-electron chi connectivity index (χ4n) is 4.11. The summed E-state index contributed by atoms with van der Waals surface area (Å²) >= 11 is 0. The molecule has 0 fully saturated rings. The third kappa shape index (κ3) is 2.64. The number of Topliss-reactive ketones (excluding diaryl/α,β-unsaturated/α-hetero) is 1. The minimum absolute atomic E-state index is 0.285. The van der Waals surface area contributed by atoms with Crippen molar-refractivity contribution >= 4 is 5.78 Å². The first-order chi connectivity index (χ1) is 8.11. The molecular weight excluding hydrogens is 208 g/mol. The van der Waals surface area contributed by atoms with Gasteiger partial charge in [-0.05, 0) is 50.9 Å². The van der Waals surface area contributed by atoms with E-state index >= 15 is 0 Å². The third-order valence-corrected chi connectivity index (χ3v) is 4.87. The molecular formula is C16H26O. The summed E-state index contributed by atoms with van der Waals surface area (Å²) in [5.74, 6) is 1.75. The van der Waals surface area contributed by atoms with Crippen LogP contribution < -0.4 is 0 Å². The van der Waals surface area contributed by atoms with E-state index < -0.39 is 0 Å². The summed E-state index contributed by atoms with van der Waals surface area (Å²) in [5.41, 5.74) is 3.37. The molecule has 0 saturated carbocycles. The molecule has 0 bridgehead atoms. The molecule has 0 aromatic heterocycles. The standard InChI is InChI=1S/C16H26O/c1-11-10-14-8-6-4-5-7-9-15(14)12(2)16(11)13(3)17/h11-12,16H,4-10H2,1-3H3. The molecule has 3 unspecified atom stereocenters. The molecule has 0 aliphatic heterocycles. The van der Waals surface area contributed by atoms with Gasteiger partial charge in [0, 0.05) is 5.92 Å². The monoisotopic (exact) mass is 234 g/mol. The summed E-state index contributed by atoms with van der Waals surface area (Å²) in [4.78, 5) is 11.8. The van der Waals surface area contributed by atoms with Crippen LogP contribution in [0.2, 0.25) is 0 Å². The fraction of sp³-hybridized carbons (Fsp3) is 0.812. The summed E-state index contributed by atoms with van der Waals surface area (Å²) < 4.78 is 0. The van der Waals surface area contributed by atoms with E-state index in [1.165, 1.54) is 44.9 Å². The van der Waals surface area contributed by atoms with Gasteiger partial charge in [0.05, 0.1) is 0 Å². The average Bonchev–Trinajstić information content (AvgIpc) is 2.20. The van der Waals surface area contributed by atoms with Gasteiger partial charge < -0.3 is 0 Å². The second-order valence-electron chi connectivity index (χ2n) is 6.15. The lowest BCUT2D eigenvalue weighted by Gasteiger charge is -2.38. The summed E-state index contributed by atoms with van der Waals surface area (Å²) in [6.07, 6.45) is 9.22. The summed E-state index contributed by atoms with van der Waals surface area (Å²) in [5, 5.41) is 0. The van der Waals surface area contributed by atoms with E-state index in [4.69, 9.17) is 0 Å². The van der Waals surface area contributed by atoms with Crippen molar-refractivity contribution in [3.63, 3.8) is 0 Å². The van der Waals surface area contributed by atoms with Gasteiger partial charge in [0.25, 0.3) is 0 Å². The van der Waals surface area contributed by atoms with Crippen LogP contribution >= 0.6 is 0 Å². The van der Waals surface area contributed by atoms with E-state index in [2.05, 4.69) is 13.8 Å². The average molecular weight is 234 g/mol. The minimum Gasteiger partial charge on any atom is -0.300 e. The van der Waals surface area contributed by atoms with Crippen LogP contribution in [0.3, 0.4) is 0 Å². The predicted molar refractivity (Wildman–Crippen MR) is 71.8 cm³/mol. The Kier molecular flexibility index (Phi) is 4.06. The maximum Gasteiger partial charge on any atom is 0.133 e. The Bertz CT molecular complexity index is 326. The summed E-state index contributed by atoms with van der Waals surface area (Å²) in [7, 11) is 0. The number of ketones is 1. The van der Waals surface area contributed by atoms with Crippen LogP contribution in [0.1, 0.15) is 65.7 Å². The molecule has 1 nitrogen and oxygen atoms in total. The Morgan fingerprint density at radius 1 is 1.06 bits per heavy atom. The largest absolute Gasteiger partial charge is 0.300 e. The van der Waals surface area contributed by atoms with Crippen LogP contribution in [-0.2, 0) is 4.79 Å². The zero-order chi connectivity index (χ0) is 12.4.